The molecule has 2 amide bonds. The second-order valence-corrected chi connectivity index (χ2v) is 6.09. The van der Waals surface area contributed by atoms with E-state index in [0.29, 0.717) is 19.0 Å². The minimum absolute atomic E-state index is 0.149. The molecule has 0 unspecified atom stereocenters. The quantitative estimate of drug-likeness (QED) is 0.783. The molecule has 2 heterocycles. The van der Waals surface area contributed by atoms with Gasteiger partial charge in [0.2, 0.25) is 5.95 Å². The summed E-state index contributed by atoms with van der Waals surface area (Å²) in [5.41, 5.74) is 2.55. The van der Waals surface area contributed by atoms with Crippen LogP contribution in [0.15, 0.2) is 54.9 Å². The summed E-state index contributed by atoms with van der Waals surface area (Å²) < 4.78 is 1.54. The summed E-state index contributed by atoms with van der Waals surface area (Å²) in [4.78, 5) is 18.2. The number of rotatable bonds is 2. The fourth-order valence-electron chi connectivity index (χ4n) is 3.19. The number of hydrogen-bond donors (Lipinski definition) is 1. The maximum atomic E-state index is 12.4. The minimum Gasteiger partial charge on any atom is -0.320 e. The van der Waals surface area contributed by atoms with E-state index in [1.54, 1.807) is 16.6 Å². The number of amides is 2. The molecule has 0 aliphatic carbocycles. The van der Waals surface area contributed by atoms with Crippen LogP contribution in [0.1, 0.15) is 12.0 Å². The molecule has 6 nitrogen and oxygen atoms in total. The first-order valence-corrected chi connectivity index (χ1v) is 8.29. The van der Waals surface area contributed by atoms with E-state index in [1.165, 1.54) is 28.2 Å². The molecule has 126 valence electrons. The van der Waals surface area contributed by atoms with E-state index in [9.17, 15) is 4.79 Å². The first-order chi connectivity index (χ1) is 12.2. The smallest absolute Gasteiger partial charge is 0.320 e. The molecular weight excluding hydrogens is 314 g/mol. The molecule has 0 saturated heterocycles. The molecule has 0 spiro atoms. The van der Waals surface area contributed by atoms with Gasteiger partial charge in [-0.1, -0.05) is 48.5 Å². The highest BCUT2D eigenvalue weighted by Gasteiger charge is 2.19. The lowest BCUT2D eigenvalue weighted by Crippen LogP contribution is -2.38. The molecule has 6 heteroatoms. The number of urea groups is 1. The topological polar surface area (TPSA) is 63.1 Å². The first-order valence-electron chi connectivity index (χ1n) is 8.29. The highest BCUT2D eigenvalue weighted by Crippen LogP contribution is 2.29. The Morgan fingerprint density at radius 1 is 1.16 bits per heavy atom. The number of aromatic nitrogens is 3. The number of anilines is 1. The van der Waals surface area contributed by atoms with Crippen LogP contribution in [0.2, 0.25) is 0 Å². The Bertz CT molecular complexity index is 954. The molecule has 3 aromatic rings. The number of aryl methyl sites for hydroxylation is 1. The van der Waals surface area contributed by atoms with Crippen LogP contribution in [0.5, 0.6) is 0 Å². The average molecular weight is 333 g/mol. The van der Waals surface area contributed by atoms with Gasteiger partial charge in [0.25, 0.3) is 0 Å². The van der Waals surface area contributed by atoms with E-state index >= 15 is 0 Å². The van der Waals surface area contributed by atoms with Crippen LogP contribution in [0, 0.1) is 0 Å². The molecule has 1 aliphatic heterocycles. The van der Waals surface area contributed by atoms with E-state index < -0.39 is 0 Å². The van der Waals surface area contributed by atoms with Gasteiger partial charge in [-0.2, -0.15) is 10.1 Å². The Labute approximate surface area is 145 Å². The molecule has 0 radical (unpaired) electrons. The molecule has 0 atom stereocenters. The van der Waals surface area contributed by atoms with Crippen molar-refractivity contribution in [2.75, 3.05) is 18.4 Å². The summed E-state index contributed by atoms with van der Waals surface area (Å²) in [6, 6.07) is 14.6. The Morgan fingerprint density at radius 3 is 2.76 bits per heavy atom. The van der Waals surface area contributed by atoms with Crippen LogP contribution in [-0.2, 0) is 7.05 Å². The van der Waals surface area contributed by atoms with Crippen molar-refractivity contribution < 1.29 is 4.79 Å². The molecule has 1 N–H and O–H groups in total. The van der Waals surface area contributed by atoms with E-state index in [0.717, 1.165) is 6.42 Å². The standard InChI is InChI=1S/C19H19N5O/c1-23-18(20-13-21-23)22-19(25)24-11-9-15(10-12-24)17-8-4-6-14-5-2-3-7-16(14)17/h2-9,13H,10-12H2,1H3,(H,20,21,22,25). The monoisotopic (exact) mass is 333 g/mol. The Balaban J connectivity index is 1.52. The summed E-state index contributed by atoms with van der Waals surface area (Å²) in [7, 11) is 1.75. The van der Waals surface area contributed by atoms with Gasteiger partial charge in [0.15, 0.2) is 0 Å². The predicted octanol–water partition coefficient (Wildman–Crippen LogP) is 3.29. The molecule has 1 aromatic heterocycles. The number of nitrogens with one attached hydrogen (secondary N) is 1. The summed E-state index contributed by atoms with van der Waals surface area (Å²) >= 11 is 0. The van der Waals surface area contributed by atoms with Crippen molar-refractivity contribution in [2.24, 2.45) is 7.05 Å². The zero-order valence-corrected chi connectivity index (χ0v) is 14.0. The highest BCUT2D eigenvalue weighted by molar-refractivity contribution is 5.94. The molecule has 25 heavy (non-hydrogen) atoms. The van der Waals surface area contributed by atoms with Gasteiger partial charge < -0.3 is 4.90 Å². The van der Waals surface area contributed by atoms with Crippen LogP contribution in [0.3, 0.4) is 0 Å². The van der Waals surface area contributed by atoms with Crippen LogP contribution in [-0.4, -0.2) is 38.8 Å². The first kappa shape index (κ1) is 15.4. The lowest BCUT2D eigenvalue weighted by Gasteiger charge is -2.27. The van der Waals surface area contributed by atoms with Gasteiger partial charge >= 0.3 is 6.03 Å². The normalized spacial score (nSPS) is 14.4. The lowest BCUT2D eigenvalue weighted by molar-refractivity contribution is 0.216. The highest BCUT2D eigenvalue weighted by atomic mass is 16.2. The second kappa shape index (κ2) is 6.39. The lowest BCUT2D eigenvalue weighted by atomic mass is 9.94. The third kappa shape index (κ3) is 2.98. The van der Waals surface area contributed by atoms with Gasteiger partial charge in [0.1, 0.15) is 6.33 Å². The fourth-order valence-corrected chi connectivity index (χ4v) is 3.19. The van der Waals surface area contributed by atoms with Crippen LogP contribution in [0.25, 0.3) is 16.3 Å². The average Bonchev–Trinajstić information content (AvgIpc) is 3.06. The summed E-state index contributed by atoms with van der Waals surface area (Å²) in [6.45, 7) is 1.26. The van der Waals surface area contributed by atoms with Gasteiger partial charge in [-0.05, 0) is 28.3 Å². The predicted molar refractivity (Wildman–Crippen MR) is 98.1 cm³/mol. The SMILES string of the molecule is Cn1ncnc1NC(=O)N1CC=C(c2cccc3ccccc23)CC1. The maximum absolute atomic E-state index is 12.4. The van der Waals surface area contributed by atoms with Gasteiger partial charge in [0, 0.05) is 20.1 Å². The van der Waals surface area contributed by atoms with Crippen molar-refractivity contribution in [3.63, 3.8) is 0 Å². The van der Waals surface area contributed by atoms with E-state index in [4.69, 9.17) is 0 Å². The number of hydrogen-bond acceptors (Lipinski definition) is 3. The number of carbonyl (C=O) groups is 1. The van der Waals surface area contributed by atoms with Crippen molar-refractivity contribution in [3.8, 4) is 0 Å². The van der Waals surface area contributed by atoms with E-state index in [1.807, 2.05) is 0 Å². The number of carbonyl (C=O) groups excluding carboxylic acids is 1. The van der Waals surface area contributed by atoms with Crippen LogP contribution >= 0.6 is 0 Å². The van der Waals surface area contributed by atoms with Crippen molar-refractivity contribution in [1.82, 2.24) is 19.7 Å². The van der Waals surface area contributed by atoms with Crippen molar-refractivity contribution in [3.05, 3.63) is 60.4 Å². The Hall–Kier alpha value is -3.15. The molecule has 0 bridgehead atoms. The molecule has 4 rings (SSSR count). The number of benzene rings is 2. The minimum atomic E-state index is -0.149. The molecule has 0 saturated carbocycles. The van der Waals surface area contributed by atoms with Gasteiger partial charge in [0.05, 0.1) is 0 Å². The molecular formula is C19H19N5O. The van der Waals surface area contributed by atoms with E-state index in [-0.39, 0.29) is 6.03 Å². The Kier molecular flexibility index (Phi) is 3.93. The van der Waals surface area contributed by atoms with Crippen LogP contribution in [0.4, 0.5) is 10.7 Å². The summed E-state index contributed by atoms with van der Waals surface area (Å²) in [5.74, 6) is 0.453. The largest absolute Gasteiger partial charge is 0.324 e. The van der Waals surface area contributed by atoms with Gasteiger partial charge in [-0.15, -0.1) is 0 Å². The molecule has 0 fully saturated rings. The Morgan fingerprint density at radius 2 is 2.00 bits per heavy atom. The zero-order chi connectivity index (χ0) is 17.2. The van der Waals surface area contributed by atoms with Gasteiger partial charge in [-0.25, -0.2) is 9.48 Å². The number of fused-ring (bicyclic) bond motifs is 1. The van der Waals surface area contributed by atoms with Gasteiger partial charge in [-0.3, -0.25) is 5.32 Å². The zero-order valence-electron chi connectivity index (χ0n) is 14.0. The van der Waals surface area contributed by atoms with Crippen molar-refractivity contribution in [1.29, 1.82) is 0 Å². The van der Waals surface area contributed by atoms with Crippen molar-refractivity contribution >= 4 is 28.3 Å². The maximum Gasteiger partial charge on any atom is 0.324 e. The summed E-state index contributed by atoms with van der Waals surface area (Å²) in [6.07, 6.45) is 4.39. The molecule has 2 aromatic carbocycles. The molecule has 1 aliphatic rings. The van der Waals surface area contributed by atoms with E-state index in [2.05, 4.69) is 63.9 Å². The fraction of sp³-hybridized carbons (Fsp3) is 0.211. The third-order valence-corrected chi connectivity index (χ3v) is 4.56. The van der Waals surface area contributed by atoms with Crippen LogP contribution < -0.4 is 5.32 Å². The summed E-state index contributed by atoms with van der Waals surface area (Å²) in [5, 5.41) is 9.24. The van der Waals surface area contributed by atoms with Crippen molar-refractivity contribution in [2.45, 2.75) is 6.42 Å². The number of nitrogens with zero attached hydrogens (tertiary/aromatic N) is 4. The third-order valence-electron chi connectivity index (χ3n) is 4.56. The second-order valence-electron chi connectivity index (χ2n) is 6.09.